The number of nitrogens with two attached hydrogens (primary N) is 1. The summed E-state index contributed by atoms with van der Waals surface area (Å²) in [6.07, 6.45) is 0. The van der Waals surface area contributed by atoms with Gasteiger partial charge < -0.3 is 10.3 Å². The molecule has 2 aromatic rings. The van der Waals surface area contributed by atoms with Gasteiger partial charge in [0.1, 0.15) is 0 Å². The summed E-state index contributed by atoms with van der Waals surface area (Å²) < 4.78 is 3.30. The zero-order valence-corrected chi connectivity index (χ0v) is 9.93. The van der Waals surface area contributed by atoms with E-state index in [2.05, 4.69) is 52.7 Å². The summed E-state index contributed by atoms with van der Waals surface area (Å²) in [5.41, 5.74) is 9.29. The largest absolute Gasteiger partial charge is 0.348 e. The number of hydrogen-bond acceptors (Lipinski definition) is 1. The van der Waals surface area contributed by atoms with Gasteiger partial charge in [-0.1, -0.05) is 15.9 Å². The van der Waals surface area contributed by atoms with Gasteiger partial charge >= 0.3 is 0 Å². The molecule has 3 heteroatoms. The highest BCUT2D eigenvalue weighted by Gasteiger charge is 2.06. The molecule has 0 amide bonds. The summed E-state index contributed by atoms with van der Waals surface area (Å²) in [5, 5.41) is 1.25. The first kappa shape index (κ1) is 9.74. The molecule has 2 nitrogen and oxygen atoms in total. The van der Waals surface area contributed by atoms with Crippen LogP contribution in [0.2, 0.25) is 0 Å². The van der Waals surface area contributed by atoms with Crippen LogP contribution in [0.4, 0.5) is 0 Å². The van der Waals surface area contributed by atoms with E-state index in [0.29, 0.717) is 6.54 Å². The fourth-order valence-electron chi connectivity index (χ4n) is 1.69. The summed E-state index contributed by atoms with van der Waals surface area (Å²) in [6, 6.07) is 6.41. The summed E-state index contributed by atoms with van der Waals surface area (Å²) in [7, 11) is 2.07. The van der Waals surface area contributed by atoms with E-state index < -0.39 is 0 Å². The summed E-state index contributed by atoms with van der Waals surface area (Å²) in [5.74, 6) is 0. The number of hydrogen-bond donors (Lipinski definition) is 1. The molecule has 74 valence electrons. The van der Waals surface area contributed by atoms with Crippen LogP contribution < -0.4 is 5.73 Å². The Labute approximate surface area is 91.8 Å². The standard InChI is InChI=1S/C11H13BrN2/c1-7-3-9-10(12)4-8(6-13)5-11(9)14(7)2/h3-5H,6,13H2,1-2H3. The van der Waals surface area contributed by atoms with Crippen molar-refractivity contribution in [2.45, 2.75) is 13.5 Å². The van der Waals surface area contributed by atoms with Crippen molar-refractivity contribution in [3.8, 4) is 0 Å². The van der Waals surface area contributed by atoms with Gasteiger partial charge in [0, 0.05) is 34.7 Å². The normalized spacial score (nSPS) is 11.1. The number of nitrogens with zero attached hydrogens (tertiary/aromatic N) is 1. The van der Waals surface area contributed by atoms with E-state index in [-0.39, 0.29) is 0 Å². The molecule has 0 saturated carbocycles. The van der Waals surface area contributed by atoms with E-state index in [0.717, 1.165) is 10.0 Å². The summed E-state index contributed by atoms with van der Waals surface area (Å²) >= 11 is 3.57. The highest BCUT2D eigenvalue weighted by Crippen LogP contribution is 2.28. The summed E-state index contributed by atoms with van der Waals surface area (Å²) in [4.78, 5) is 0. The molecular weight excluding hydrogens is 240 g/mol. The van der Waals surface area contributed by atoms with Crippen molar-refractivity contribution in [3.63, 3.8) is 0 Å². The molecule has 0 saturated heterocycles. The number of aromatic nitrogens is 1. The van der Waals surface area contributed by atoms with Crippen molar-refractivity contribution >= 4 is 26.8 Å². The minimum atomic E-state index is 0.582. The molecule has 0 aliphatic carbocycles. The van der Waals surface area contributed by atoms with E-state index in [4.69, 9.17) is 5.73 Å². The number of aryl methyl sites for hydroxylation is 2. The van der Waals surface area contributed by atoms with Crippen molar-refractivity contribution in [1.82, 2.24) is 4.57 Å². The van der Waals surface area contributed by atoms with Crippen LogP contribution in [0.3, 0.4) is 0 Å². The van der Waals surface area contributed by atoms with E-state index in [1.807, 2.05) is 0 Å². The van der Waals surface area contributed by atoms with Crippen LogP contribution in [0.5, 0.6) is 0 Å². The Morgan fingerprint density at radius 3 is 2.71 bits per heavy atom. The van der Waals surface area contributed by atoms with Crippen LogP contribution in [0.15, 0.2) is 22.7 Å². The maximum Gasteiger partial charge on any atom is 0.0494 e. The number of halogens is 1. The van der Waals surface area contributed by atoms with Gasteiger partial charge in [0.05, 0.1) is 0 Å². The van der Waals surface area contributed by atoms with Crippen molar-refractivity contribution in [2.75, 3.05) is 0 Å². The molecule has 1 aromatic heterocycles. The lowest BCUT2D eigenvalue weighted by molar-refractivity contribution is 0.916. The van der Waals surface area contributed by atoms with E-state index in [9.17, 15) is 0 Å². The molecule has 0 radical (unpaired) electrons. The molecule has 0 aliphatic rings. The van der Waals surface area contributed by atoms with E-state index in [1.54, 1.807) is 0 Å². The summed E-state index contributed by atoms with van der Waals surface area (Å²) in [6.45, 7) is 2.69. The van der Waals surface area contributed by atoms with Crippen LogP contribution >= 0.6 is 15.9 Å². The first-order valence-electron chi connectivity index (χ1n) is 4.58. The SMILES string of the molecule is Cc1cc2c(Br)cc(CN)cc2n1C. The first-order chi connectivity index (χ1) is 6.63. The second-order valence-corrected chi connectivity index (χ2v) is 4.41. The smallest absolute Gasteiger partial charge is 0.0494 e. The quantitative estimate of drug-likeness (QED) is 0.832. The average molecular weight is 253 g/mol. The Hall–Kier alpha value is -0.800. The Morgan fingerprint density at radius 1 is 1.36 bits per heavy atom. The molecule has 0 atom stereocenters. The highest BCUT2D eigenvalue weighted by molar-refractivity contribution is 9.10. The number of benzene rings is 1. The van der Waals surface area contributed by atoms with Crippen molar-refractivity contribution in [3.05, 3.63) is 33.9 Å². The van der Waals surface area contributed by atoms with Crippen LogP contribution in [0.1, 0.15) is 11.3 Å². The molecule has 14 heavy (non-hydrogen) atoms. The molecule has 0 fully saturated rings. The molecule has 0 spiro atoms. The van der Waals surface area contributed by atoms with Gasteiger partial charge in [-0.05, 0) is 30.7 Å². The van der Waals surface area contributed by atoms with Gasteiger partial charge in [0.15, 0.2) is 0 Å². The average Bonchev–Trinajstić information content (AvgIpc) is 2.45. The van der Waals surface area contributed by atoms with Crippen LogP contribution in [0.25, 0.3) is 10.9 Å². The third-order valence-corrected chi connectivity index (χ3v) is 3.30. The predicted octanol–water partition coefficient (Wildman–Crippen LogP) is 2.71. The lowest BCUT2D eigenvalue weighted by Crippen LogP contribution is -1.97. The van der Waals surface area contributed by atoms with Gasteiger partial charge in [-0.3, -0.25) is 0 Å². The zero-order chi connectivity index (χ0) is 10.3. The molecule has 0 unspecified atom stereocenters. The van der Waals surface area contributed by atoms with Gasteiger partial charge in [-0.2, -0.15) is 0 Å². The minimum absolute atomic E-state index is 0.582. The van der Waals surface area contributed by atoms with Crippen LogP contribution in [0, 0.1) is 6.92 Å². The van der Waals surface area contributed by atoms with Crippen molar-refractivity contribution in [1.29, 1.82) is 0 Å². The second kappa shape index (κ2) is 3.41. The van der Waals surface area contributed by atoms with E-state index >= 15 is 0 Å². The molecule has 2 N–H and O–H groups in total. The predicted molar refractivity (Wildman–Crippen MR) is 63.2 cm³/mol. The second-order valence-electron chi connectivity index (χ2n) is 3.56. The minimum Gasteiger partial charge on any atom is -0.348 e. The van der Waals surface area contributed by atoms with Gasteiger partial charge in [0.25, 0.3) is 0 Å². The van der Waals surface area contributed by atoms with Gasteiger partial charge in [-0.25, -0.2) is 0 Å². The topological polar surface area (TPSA) is 30.9 Å². The monoisotopic (exact) mass is 252 g/mol. The van der Waals surface area contributed by atoms with Crippen molar-refractivity contribution in [2.24, 2.45) is 12.8 Å². The Balaban J connectivity index is 2.83. The third kappa shape index (κ3) is 1.37. The molecule has 0 aliphatic heterocycles. The lowest BCUT2D eigenvalue weighted by Gasteiger charge is -2.03. The van der Waals surface area contributed by atoms with Crippen molar-refractivity contribution < 1.29 is 0 Å². The number of fused-ring (bicyclic) bond motifs is 1. The number of rotatable bonds is 1. The van der Waals surface area contributed by atoms with Gasteiger partial charge in [0.2, 0.25) is 0 Å². The van der Waals surface area contributed by atoms with E-state index in [1.165, 1.54) is 16.6 Å². The Bertz CT molecular complexity index is 485. The molecule has 1 heterocycles. The maximum absolute atomic E-state index is 5.64. The van der Waals surface area contributed by atoms with Crippen LogP contribution in [-0.2, 0) is 13.6 Å². The van der Waals surface area contributed by atoms with Gasteiger partial charge in [-0.15, -0.1) is 0 Å². The lowest BCUT2D eigenvalue weighted by atomic mass is 10.1. The first-order valence-corrected chi connectivity index (χ1v) is 5.37. The van der Waals surface area contributed by atoms with Crippen LogP contribution in [-0.4, -0.2) is 4.57 Å². The Kier molecular flexibility index (Phi) is 2.37. The molecule has 1 aromatic carbocycles. The third-order valence-electron chi connectivity index (χ3n) is 2.65. The fourth-order valence-corrected chi connectivity index (χ4v) is 2.30. The molecule has 0 bridgehead atoms. The maximum atomic E-state index is 5.64. The Morgan fingerprint density at radius 2 is 2.07 bits per heavy atom. The molecule has 2 rings (SSSR count). The molecular formula is C11H13BrN2. The highest BCUT2D eigenvalue weighted by atomic mass is 79.9. The fraction of sp³-hybridized carbons (Fsp3) is 0.273. The zero-order valence-electron chi connectivity index (χ0n) is 8.34.